The number of aliphatic hydroxyl groups excluding tert-OH is 1. The number of nitrogens with zero attached hydrogens (tertiary/aromatic N) is 3. The van der Waals surface area contributed by atoms with Crippen molar-refractivity contribution in [2.45, 2.75) is 45.7 Å². The number of hydrogen-bond donors (Lipinski definition) is 2. The minimum atomic E-state index is 0.0299. The lowest BCUT2D eigenvalue weighted by molar-refractivity contribution is -0.122. The Kier molecular flexibility index (Phi) is 6.35. The van der Waals surface area contributed by atoms with E-state index in [9.17, 15) is 4.79 Å². The van der Waals surface area contributed by atoms with E-state index in [1.54, 1.807) is 17.1 Å². The summed E-state index contributed by atoms with van der Waals surface area (Å²) in [6, 6.07) is 0.0499. The molecule has 0 bridgehead atoms. The summed E-state index contributed by atoms with van der Waals surface area (Å²) in [4.78, 5) is 11.7. The Morgan fingerprint density at radius 3 is 2.83 bits per heavy atom. The highest BCUT2D eigenvalue weighted by Crippen LogP contribution is 2.06. The molecule has 0 aliphatic carbocycles. The fourth-order valence-corrected chi connectivity index (χ4v) is 1.74. The Hall–Kier alpha value is -1.43. The van der Waals surface area contributed by atoms with E-state index in [0.717, 1.165) is 6.42 Å². The first-order valence-electron chi connectivity index (χ1n) is 6.37. The average molecular weight is 254 g/mol. The number of hydrogen-bond acceptors (Lipinski definition) is 4. The maximum atomic E-state index is 11.7. The molecule has 0 radical (unpaired) electrons. The van der Waals surface area contributed by atoms with Crippen LogP contribution < -0.4 is 5.32 Å². The molecule has 0 aliphatic rings. The van der Waals surface area contributed by atoms with Crippen LogP contribution in [0.4, 0.5) is 0 Å². The van der Waals surface area contributed by atoms with Crippen molar-refractivity contribution in [3.8, 4) is 0 Å². The molecule has 1 aromatic rings. The van der Waals surface area contributed by atoms with Crippen molar-refractivity contribution < 1.29 is 9.90 Å². The standard InChI is InChI=1S/C12H22N4O2/c1-10(2)11(5-9-17)14-12(18)4-3-7-16-8-6-13-15-16/h6,8,10-11,17H,3-5,7,9H2,1-2H3,(H,14,18). The highest BCUT2D eigenvalue weighted by Gasteiger charge is 2.15. The third-order valence-corrected chi connectivity index (χ3v) is 2.85. The highest BCUT2D eigenvalue weighted by atomic mass is 16.3. The van der Waals surface area contributed by atoms with Gasteiger partial charge in [-0.15, -0.1) is 5.10 Å². The van der Waals surface area contributed by atoms with Gasteiger partial charge in [0.05, 0.1) is 6.20 Å². The molecule has 1 amide bonds. The van der Waals surface area contributed by atoms with Crippen LogP contribution in [0.15, 0.2) is 12.4 Å². The molecular formula is C12H22N4O2. The van der Waals surface area contributed by atoms with Gasteiger partial charge in [0.25, 0.3) is 0 Å². The lowest BCUT2D eigenvalue weighted by Crippen LogP contribution is -2.39. The van der Waals surface area contributed by atoms with Crippen LogP contribution >= 0.6 is 0 Å². The van der Waals surface area contributed by atoms with E-state index in [-0.39, 0.29) is 18.6 Å². The summed E-state index contributed by atoms with van der Waals surface area (Å²) >= 11 is 0. The molecule has 0 spiro atoms. The fraction of sp³-hybridized carbons (Fsp3) is 0.750. The normalized spacial score (nSPS) is 12.7. The van der Waals surface area contributed by atoms with E-state index in [1.165, 1.54) is 0 Å². The minimum Gasteiger partial charge on any atom is -0.396 e. The number of aromatic nitrogens is 3. The zero-order valence-electron chi connectivity index (χ0n) is 11.0. The van der Waals surface area contributed by atoms with Crippen LogP contribution in [0.5, 0.6) is 0 Å². The number of aliphatic hydroxyl groups is 1. The van der Waals surface area contributed by atoms with Gasteiger partial charge in [-0.2, -0.15) is 0 Å². The molecule has 1 rings (SSSR count). The molecule has 0 aliphatic heterocycles. The monoisotopic (exact) mass is 254 g/mol. The van der Waals surface area contributed by atoms with Crippen molar-refractivity contribution in [3.05, 3.63) is 12.4 Å². The molecule has 6 heteroatoms. The van der Waals surface area contributed by atoms with Gasteiger partial charge < -0.3 is 10.4 Å². The van der Waals surface area contributed by atoms with Gasteiger partial charge in [-0.25, -0.2) is 0 Å². The van der Waals surface area contributed by atoms with Crippen molar-refractivity contribution in [1.82, 2.24) is 20.3 Å². The zero-order chi connectivity index (χ0) is 13.4. The van der Waals surface area contributed by atoms with Gasteiger partial charge in [0, 0.05) is 31.8 Å². The summed E-state index contributed by atoms with van der Waals surface area (Å²) < 4.78 is 1.71. The predicted octanol–water partition coefficient (Wildman–Crippen LogP) is 0.581. The van der Waals surface area contributed by atoms with Crippen LogP contribution in [0.25, 0.3) is 0 Å². The van der Waals surface area contributed by atoms with E-state index >= 15 is 0 Å². The van der Waals surface area contributed by atoms with Gasteiger partial charge in [-0.05, 0) is 18.8 Å². The van der Waals surface area contributed by atoms with Crippen molar-refractivity contribution in [1.29, 1.82) is 0 Å². The number of aryl methyl sites for hydroxylation is 1. The Balaban J connectivity index is 2.23. The minimum absolute atomic E-state index is 0.0299. The third kappa shape index (κ3) is 5.27. The van der Waals surface area contributed by atoms with Crippen LogP contribution in [0, 0.1) is 5.92 Å². The molecule has 0 saturated carbocycles. The quantitative estimate of drug-likeness (QED) is 0.711. The SMILES string of the molecule is CC(C)C(CCO)NC(=O)CCCn1ccnn1. The largest absolute Gasteiger partial charge is 0.396 e. The number of carbonyl (C=O) groups is 1. The summed E-state index contributed by atoms with van der Waals surface area (Å²) in [5.74, 6) is 0.360. The molecule has 102 valence electrons. The summed E-state index contributed by atoms with van der Waals surface area (Å²) in [5, 5.41) is 19.4. The Bertz CT molecular complexity index is 338. The molecule has 0 fully saturated rings. The number of carbonyl (C=O) groups excluding carboxylic acids is 1. The second kappa shape index (κ2) is 7.81. The molecule has 18 heavy (non-hydrogen) atoms. The number of rotatable bonds is 8. The molecule has 6 nitrogen and oxygen atoms in total. The Labute approximate surface area is 107 Å². The van der Waals surface area contributed by atoms with Crippen molar-refractivity contribution >= 4 is 5.91 Å². The van der Waals surface area contributed by atoms with E-state index in [2.05, 4.69) is 15.6 Å². The lowest BCUT2D eigenvalue weighted by Gasteiger charge is -2.21. The summed E-state index contributed by atoms with van der Waals surface area (Å²) in [6.07, 6.45) is 5.21. The average Bonchev–Trinajstić information content (AvgIpc) is 2.81. The first-order chi connectivity index (χ1) is 8.63. The topological polar surface area (TPSA) is 80.0 Å². The predicted molar refractivity (Wildman–Crippen MR) is 67.7 cm³/mol. The Morgan fingerprint density at radius 2 is 2.28 bits per heavy atom. The molecular weight excluding hydrogens is 232 g/mol. The van der Waals surface area contributed by atoms with Crippen LogP contribution in [0.2, 0.25) is 0 Å². The highest BCUT2D eigenvalue weighted by molar-refractivity contribution is 5.76. The first-order valence-corrected chi connectivity index (χ1v) is 6.37. The van der Waals surface area contributed by atoms with Crippen LogP contribution in [-0.4, -0.2) is 38.7 Å². The molecule has 1 atom stereocenters. The Morgan fingerprint density at radius 1 is 1.50 bits per heavy atom. The number of amides is 1. The third-order valence-electron chi connectivity index (χ3n) is 2.85. The molecule has 0 saturated heterocycles. The molecule has 1 heterocycles. The van der Waals surface area contributed by atoms with Crippen molar-refractivity contribution in [2.24, 2.45) is 5.92 Å². The van der Waals surface area contributed by atoms with Gasteiger partial charge in [-0.3, -0.25) is 9.48 Å². The molecule has 1 unspecified atom stereocenters. The molecule has 0 aromatic carbocycles. The maximum absolute atomic E-state index is 11.7. The van der Waals surface area contributed by atoms with E-state index in [1.807, 2.05) is 13.8 Å². The van der Waals surface area contributed by atoms with Gasteiger partial charge in [0.1, 0.15) is 0 Å². The lowest BCUT2D eigenvalue weighted by atomic mass is 10.0. The van der Waals surface area contributed by atoms with E-state index < -0.39 is 0 Å². The molecule has 2 N–H and O–H groups in total. The summed E-state index contributed by atoms with van der Waals surface area (Å²) in [5.41, 5.74) is 0. The number of nitrogens with one attached hydrogen (secondary N) is 1. The van der Waals surface area contributed by atoms with Crippen molar-refractivity contribution in [2.75, 3.05) is 6.61 Å². The maximum Gasteiger partial charge on any atom is 0.220 e. The van der Waals surface area contributed by atoms with Gasteiger partial charge in [0.2, 0.25) is 5.91 Å². The van der Waals surface area contributed by atoms with Crippen LogP contribution in [-0.2, 0) is 11.3 Å². The summed E-state index contributed by atoms with van der Waals surface area (Å²) in [7, 11) is 0. The van der Waals surface area contributed by atoms with Crippen molar-refractivity contribution in [3.63, 3.8) is 0 Å². The van der Waals surface area contributed by atoms with Crippen LogP contribution in [0.1, 0.15) is 33.1 Å². The smallest absolute Gasteiger partial charge is 0.220 e. The second-order valence-electron chi connectivity index (χ2n) is 4.70. The van der Waals surface area contributed by atoms with E-state index in [0.29, 0.717) is 25.3 Å². The fourth-order valence-electron chi connectivity index (χ4n) is 1.74. The zero-order valence-corrected chi connectivity index (χ0v) is 11.0. The van der Waals surface area contributed by atoms with E-state index in [4.69, 9.17) is 5.11 Å². The second-order valence-corrected chi connectivity index (χ2v) is 4.70. The molecule has 1 aromatic heterocycles. The van der Waals surface area contributed by atoms with Crippen LogP contribution in [0.3, 0.4) is 0 Å². The first kappa shape index (κ1) is 14.6. The van der Waals surface area contributed by atoms with Gasteiger partial charge in [0.15, 0.2) is 0 Å². The van der Waals surface area contributed by atoms with Gasteiger partial charge in [-0.1, -0.05) is 19.1 Å². The summed E-state index contributed by atoms with van der Waals surface area (Å²) in [6.45, 7) is 4.87. The van der Waals surface area contributed by atoms with Gasteiger partial charge >= 0.3 is 0 Å².